The first-order valence-corrected chi connectivity index (χ1v) is 7.02. The van der Waals surface area contributed by atoms with Gasteiger partial charge in [0.25, 0.3) is 0 Å². The van der Waals surface area contributed by atoms with Crippen LogP contribution in [-0.2, 0) is 6.42 Å². The fourth-order valence-electron chi connectivity index (χ4n) is 2.44. The van der Waals surface area contributed by atoms with Gasteiger partial charge in [-0.3, -0.25) is 4.57 Å². The Hall–Kier alpha value is -2.23. The quantitative estimate of drug-likeness (QED) is 0.707. The van der Waals surface area contributed by atoms with Crippen LogP contribution in [0.2, 0.25) is 0 Å². The third-order valence-corrected chi connectivity index (χ3v) is 3.24. The number of pyridine rings is 1. The molecule has 4 heteroatoms. The van der Waals surface area contributed by atoms with Crippen LogP contribution < -0.4 is 0 Å². The van der Waals surface area contributed by atoms with Crippen molar-refractivity contribution >= 4 is 11.2 Å². The third-order valence-electron chi connectivity index (χ3n) is 3.24. The second kappa shape index (κ2) is 4.95. The van der Waals surface area contributed by atoms with Crippen molar-refractivity contribution in [3.63, 3.8) is 0 Å². The van der Waals surface area contributed by atoms with Crippen LogP contribution in [0.3, 0.4) is 0 Å². The highest BCUT2D eigenvalue weighted by Gasteiger charge is 2.19. The molecule has 2 aromatic heterocycles. The van der Waals surface area contributed by atoms with Crippen molar-refractivity contribution < 1.29 is 4.39 Å². The van der Waals surface area contributed by atoms with Gasteiger partial charge in [-0.25, -0.2) is 14.4 Å². The number of hydrogen-bond acceptors (Lipinski definition) is 2. The lowest BCUT2D eigenvalue weighted by Gasteiger charge is -2.18. The van der Waals surface area contributed by atoms with Gasteiger partial charge in [-0.15, -0.1) is 0 Å². The molecule has 0 bridgehead atoms. The van der Waals surface area contributed by atoms with Gasteiger partial charge in [0.1, 0.15) is 17.2 Å². The normalized spacial score (nSPS) is 12.0. The van der Waals surface area contributed by atoms with E-state index >= 15 is 0 Å². The fourth-order valence-corrected chi connectivity index (χ4v) is 2.44. The minimum Gasteiger partial charge on any atom is -0.281 e. The molecule has 0 aliphatic heterocycles. The Morgan fingerprint density at radius 1 is 1.14 bits per heavy atom. The first-order valence-electron chi connectivity index (χ1n) is 7.02. The molecule has 21 heavy (non-hydrogen) atoms. The molecule has 108 valence electrons. The lowest BCUT2D eigenvalue weighted by molar-refractivity contribution is 0.399. The second-order valence-electron chi connectivity index (χ2n) is 6.43. The van der Waals surface area contributed by atoms with E-state index in [0.29, 0.717) is 0 Å². The van der Waals surface area contributed by atoms with E-state index in [4.69, 9.17) is 0 Å². The van der Waals surface area contributed by atoms with Gasteiger partial charge >= 0.3 is 0 Å². The topological polar surface area (TPSA) is 30.7 Å². The van der Waals surface area contributed by atoms with Gasteiger partial charge in [-0.1, -0.05) is 26.8 Å². The molecule has 3 aromatic rings. The number of hydrogen-bond donors (Lipinski definition) is 0. The van der Waals surface area contributed by atoms with Crippen LogP contribution in [0.5, 0.6) is 0 Å². The predicted octanol–water partition coefficient (Wildman–Crippen LogP) is 4.15. The molecule has 0 saturated carbocycles. The Bertz CT molecular complexity index is 784. The van der Waals surface area contributed by atoms with Gasteiger partial charge in [-0.2, -0.15) is 0 Å². The number of benzene rings is 1. The maximum atomic E-state index is 13.6. The zero-order chi connectivity index (χ0) is 15.0. The van der Waals surface area contributed by atoms with E-state index in [1.54, 1.807) is 12.3 Å². The first-order chi connectivity index (χ1) is 9.94. The van der Waals surface area contributed by atoms with E-state index in [-0.39, 0.29) is 11.2 Å². The van der Waals surface area contributed by atoms with Gasteiger partial charge in [0.15, 0.2) is 5.65 Å². The molecule has 0 amide bonds. The van der Waals surface area contributed by atoms with Crippen LogP contribution in [0.4, 0.5) is 4.39 Å². The van der Waals surface area contributed by atoms with E-state index in [2.05, 4.69) is 30.7 Å². The predicted molar refractivity (Wildman–Crippen MR) is 82.0 cm³/mol. The van der Waals surface area contributed by atoms with Crippen LogP contribution >= 0.6 is 0 Å². The monoisotopic (exact) mass is 283 g/mol. The number of imidazole rings is 1. The van der Waals surface area contributed by atoms with Crippen molar-refractivity contribution in [3.8, 4) is 5.69 Å². The highest BCUT2D eigenvalue weighted by molar-refractivity contribution is 5.73. The van der Waals surface area contributed by atoms with Crippen LogP contribution in [0.1, 0.15) is 26.6 Å². The van der Waals surface area contributed by atoms with Crippen molar-refractivity contribution in [1.29, 1.82) is 0 Å². The minimum atomic E-state index is -0.257. The fraction of sp³-hybridized carbons (Fsp3) is 0.294. The molecule has 0 unspecified atom stereocenters. The van der Waals surface area contributed by atoms with E-state index < -0.39 is 0 Å². The number of aromatic nitrogens is 3. The van der Waals surface area contributed by atoms with Crippen LogP contribution in [-0.4, -0.2) is 14.5 Å². The Morgan fingerprint density at radius 2 is 1.95 bits per heavy atom. The maximum absolute atomic E-state index is 13.6. The molecule has 2 heterocycles. The molecule has 0 saturated heterocycles. The van der Waals surface area contributed by atoms with Gasteiger partial charge < -0.3 is 0 Å². The average molecular weight is 283 g/mol. The lowest BCUT2D eigenvalue weighted by Crippen LogP contribution is -2.14. The SMILES string of the molecule is CC(C)(C)Cc1nc2cccnc2n1-c1cccc(F)c1. The highest BCUT2D eigenvalue weighted by atomic mass is 19.1. The van der Waals surface area contributed by atoms with Crippen molar-refractivity contribution in [3.05, 3.63) is 54.2 Å². The van der Waals surface area contributed by atoms with Gasteiger partial charge in [0.2, 0.25) is 0 Å². The smallest absolute Gasteiger partial charge is 0.164 e. The van der Waals surface area contributed by atoms with Gasteiger partial charge in [-0.05, 0) is 35.7 Å². The Balaban J connectivity index is 2.25. The van der Waals surface area contributed by atoms with Crippen LogP contribution in [0.25, 0.3) is 16.9 Å². The first kappa shape index (κ1) is 13.7. The molecule has 0 aliphatic rings. The summed E-state index contributed by atoms with van der Waals surface area (Å²) in [6.07, 6.45) is 2.53. The molecule has 0 radical (unpaired) electrons. The number of nitrogens with zero attached hydrogens (tertiary/aromatic N) is 3. The van der Waals surface area contributed by atoms with Crippen molar-refractivity contribution in [1.82, 2.24) is 14.5 Å². The van der Waals surface area contributed by atoms with Crippen molar-refractivity contribution in [2.75, 3.05) is 0 Å². The summed E-state index contributed by atoms with van der Waals surface area (Å²) in [6.45, 7) is 6.49. The Morgan fingerprint density at radius 3 is 2.67 bits per heavy atom. The third kappa shape index (κ3) is 2.79. The zero-order valence-corrected chi connectivity index (χ0v) is 12.5. The Kier molecular flexibility index (Phi) is 3.24. The zero-order valence-electron chi connectivity index (χ0n) is 12.5. The molecular weight excluding hydrogens is 265 g/mol. The molecule has 0 aliphatic carbocycles. The summed E-state index contributed by atoms with van der Waals surface area (Å²) in [7, 11) is 0. The molecule has 3 rings (SSSR count). The summed E-state index contributed by atoms with van der Waals surface area (Å²) < 4.78 is 15.5. The molecule has 1 aromatic carbocycles. The van der Waals surface area contributed by atoms with E-state index in [9.17, 15) is 4.39 Å². The molecule has 0 fully saturated rings. The summed E-state index contributed by atoms with van der Waals surface area (Å²) in [5.41, 5.74) is 2.45. The van der Waals surface area contributed by atoms with Gasteiger partial charge in [0, 0.05) is 12.6 Å². The summed E-state index contributed by atoms with van der Waals surface area (Å²) in [6, 6.07) is 10.4. The molecule has 3 nitrogen and oxygen atoms in total. The van der Waals surface area contributed by atoms with Crippen molar-refractivity contribution in [2.45, 2.75) is 27.2 Å². The van der Waals surface area contributed by atoms with E-state index in [1.165, 1.54) is 12.1 Å². The summed E-state index contributed by atoms with van der Waals surface area (Å²) in [5, 5.41) is 0. The number of halogens is 1. The standard InChI is InChI=1S/C17H18FN3/c1-17(2,3)11-15-20-14-8-5-9-19-16(14)21(15)13-7-4-6-12(18)10-13/h4-10H,11H2,1-3H3. The average Bonchev–Trinajstić information content (AvgIpc) is 2.74. The van der Waals surface area contributed by atoms with Gasteiger partial charge in [0.05, 0.1) is 5.69 Å². The molecule has 0 spiro atoms. The molecular formula is C17H18FN3. The number of fused-ring (bicyclic) bond motifs is 1. The summed E-state index contributed by atoms with van der Waals surface area (Å²) in [5.74, 6) is 0.647. The van der Waals surface area contributed by atoms with E-state index in [0.717, 1.165) is 29.1 Å². The Labute approximate surface area is 123 Å². The van der Waals surface area contributed by atoms with Crippen LogP contribution in [0, 0.1) is 11.2 Å². The largest absolute Gasteiger partial charge is 0.281 e. The molecule has 0 atom stereocenters. The maximum Gasteiger partial charge on any atom is 0.164 e. The number of rotatable bonds is 2. The van der Waals surface area contributed by atoms with Crippen LogP contribution in [0.15, 0.2) is 42.6 Å². The minimum absolute atomic E-state index is 0.0897. The lowest BCUT2D eigenvalue weighted by atomic mass is 9.92. The molecule has 0 N–H and O–H groups in total. The summed E-state index contributed by atoms with van der Waals surface area (Å²) in [4.78, 5) is 9.10. The van der Waals surface area contributed by atoms with E-state index in [1.807, 2.05) is 22.8 Å². The second-order valence-corrected chi connectivity index (χ2v) is 6.43. The highest BCUT2D eigenvalue weighted by Crippen LogP contribution is 2.26. The summed E-state index contributed by atoms with van der Waals surface area (Å²) >= 11 is 0. The van der Waals surface area contributed by atoms with Crippen molar-refractivity contribution in [2.24, 2.45) is 5.41 Å².